The van der Waals surface area contributed by atoms with E-state index in [0.29, 0.717) is 11.1 Å². The van der Waals surface area contributed by atoms with Crippen LogP contribution in [0.1, 0.15) is 27.8 Å². The molecule has 1 heterocycles. The molecule has 0 unspecified atom stereocenters. The Morgan fingerprint density at radius 1 is 1.12 bits per heavy atom. The maximum Gasteiger partial charge on any atom is 0.288 e. The first kappa shape index (κ1) is 23.1. The van der Waals surface area contributed by atoms with Gasteiger partial charge in [0.15, 0.2) is 23.1 Å². The van der Waals surface area contributed by atoms with Crippen LogP contribution in [0, 0.1) is 30.9 Å². The van der Waals surface area contributed by atoms with Gasteiger partial charge in [0.2, 0.25) is 0 Å². The molecule has 164 valence electrons. The van der Waals surface area contributed by atoms with Gasteiger partial charge in [0.05, 0.1) is 11.5 Å². The summed E-state index contributed by atoms with van der Waals surface area (Å²) < 4.78 is 1.59. The highest BCUT2D eigenvalue weighted by Crippen LogP contribution is 2.26. The summed E-state index contributed by atoms with van der Waals surface area (Å²) in [6.07, 6.45) is 3.33. The third-order valence-corrected chi connectivity index (χ3v) is 5.35. The Labute approximate surface area is 191 Å². The topological polar surface area (TPSA) is 99.5 Å². The molecule has 7 nitrogen and oxygen atoms in total. The number of benzene rings is 2. The van der Waals surface area contributed by atoms with Crippen LogP contribution in [0.15, 0.2) is 60.9 Å². The Balaban J connectivity index is 2.16. The molecular weight excluding hydrogens is 426 g/mol. The minimum Gasteiger partial charge on any atom is -0.502 e. The van der Waals surface area contributed by atoms with Crippen LogP contribution < -0.4 is 9.88 Å². The minimum absolute atomic E-state index is 0.101. The van der Waals surface area contributed by atoms with Crippen molar-refractivity contribution >= 4 is 40.0 Å². The van der Waals surface area contributed by atoms with Crippen LogP contribution >= 0.6 is 12.2 Å². The fourth-order valence-corrected chi connectivity index (χ4v) is 3.64. The first-order chi connectivity index (χ1) is 15.2. The monoisotopic (exact) mass is 450 g/mol. The maximum atomic E-state index is 11.4. The van der Waals surface area contributed by atoms with E-state index in [-0.39, 0.29) is 34.3 Å². The molecular formula is C24H24N3O4S+. The number of nitrogens with zero attached hydrogens (tertiary/aromatic N) is 2. The van der Waals surface area contributed by atoms with E-state index in [1.54, 1.807) is 48.1 Å². The highest BCUT2D eigenvalue weighted by molar-refractivity contribution is 7.81. The fourth-order valence-electron chi connectivity index (χ4n) is 3.33. The lowest BCUT2D eigenvalue weighted by atomic mass is 10.1. The summed E-state index contributed by atoms with van der Waals surface area (Å²) in [4.78, 5) is 11.1. The second-order valence-corrected chi connectivity index (χ2v) is 7.91. The maximum absolute atomic E-state index is 11.4. The molecule has 0 aliphatic carbocycles. The number of aliphatic hydroxyl groups is 2. The van der Waals surface area contributed by atoms with Crippen LogP contribution in [-0.2, 0) is 6.61 Å². The SMILES string of the molecule is Cc1ccc(NC(=S)/C(=C(\O)c2ccc(C)c([N+](=O)[O-])c2)[n+]2cccc(CO)c2)c(C)c1. The lowest BCUT2D eigenvalue weighted by molar-refractivity contribution is -0.576. The van der Waals surface area contributed by atoms with Crippen molar-refractivity contribution < 1.29 is 19.7 Å². The number of anilines is 1. The molecule has 8 heteroatoms. The van der Waals surface area contributed by atoms with Crippen molar-refractivity contribution in [1.29, 1.82) is 0 Å². The number of aryl methyl sites for hydroxylation is 3. The molecule has 0 aliphatic heterocycles. The van der Waals surface area contributed by atoms with E-state index >= 15 is 0 Å². The average molecular weight is 451 g/mol. The molecule has 0 fully saturated rings. The molecule has 0 atom stereocenters. The summed E-state index contributed by atoms with van der Waals surface area (Å²) in [5, 5.41) is 35.3. The van der Waals surface area contributed by atoms with Crippen LogP contribution in [0.5, 0.6) is 0 Å². The Morgan fingerprint density at radius 3 is 2.53 bits per heavy atom. The minimum atomic E-state index is -0.489. The summed E-state index contributed by atoms with van der Waals surface area (Å²) >= 11 is 5.65. The number of nitro groups is 1. The molecule has 3 N–H and O–H groups in total. The van der Waals surface area contributed by atoms with E-state index in [9.17, 15) is 20.3 Å². The number of rotatable bonds is 6. The number of nitro benzene ring substituents is 1. The van der Waals surface area contributed by atoms with Gasteiger partial charge in [-0.2, -0.15) is 4.57 Å². The Bertz CT molecular complexity index is 1240. The summed E-state index contributed by atoms with van der Waals surface area (Å²) in [5.41, 5.74) is 4.34. The molecule has 0 saturated carbocycles. The van der Waals surface area contributed by atoms with Crippen molar-refractivity contribution in [1.82, 2.24) is 0 Å². The smallest absolute Gasteiger partial charge is 0.288 e. The molecule has 0 amide bonds. The summed E-state index contributed by atoms with van der Waals surface area (Å²) in [7, 11) is 0. The van der Waals surface area contributed by atoms with Crippen molar-refractivity contribution in [2.45, 2.75) is 27.4 Å². The number of thiocarbonyl (C=S) groups is 1. The van der Waals surface area contributed by atoms with Gasteiger partial charge in [0.25, 0.3) is 11.4 Å². The zero-order chi connectivity index (χ0) is 23.4. The zero-order valence-corrected chi connectivity index (χ0v) is 18.8. The van der Waals surface area contributed by atoms with E-state index in [1.165, 1.54) is 6.07 Å². The molecule has 0 saturated heterocycles. The quantitative estimate of drug-likeness (QED) is 0.127. The van der Waals surface area contributed by atoms with Gasteiger partial charge in [-0.3, -0.25) is 10.1 Å². The predicted octanol–water partition coefficient (Wildman–Crippen LogP) is 4.62. The van der Waals surface area contributed by atoms with Crippen LogP contribution in [0.2, 0.25) is 0 Å². The summed E-state index contributed by atoms with van der Waals surface area (Å²) in [6, 6.07) is 13.8. The van der Waals surface area contributed by atoms with Gasteiger partial charge in [0.1, 0.15) is 0 Å². The molecule has 3 rings (SSSR count). The van der Waals surface area contributed by atoms with Crippen LogP contribution in [0.4, 0.5) is 11.4 Å². The summed E-state index contributed by atoms with van der Waals surface area (Å²) in [6.45, 7) is 5.38. The second-order valence-electron chi connectivity index (χ2n) is 7.51. The van der Waals surface area contributed by atoms with E-state index < -0.39 is 4.92 Å². The molecule has 0 bridgehead atoms. The third-order valence-electron chi connectivity index (χ3n) is 5.05. The fraction of sp³-hybridized carbons (Fsp3) is 0.167. The Kier molecular flexibility index (Phi) is 6.97. The zero-order valence-electron chi connectivity index (χ0n) is 18.0. The first-order valence-electron chi connectivity index (χ1n) is 9.90. The number of aliphatic hydroxyl groups excluding tert-OH is 2. The molecule has 32 heavy (non-hydrogen) atoms. The molecule has 0 spiro atoms. The molecule has 1 aromatic heterocycles. The van der Waals surface area contributed by atoms with Crippen molar-refractivity contribution in [2.24, 2.45) is 0 Å². The van der Waals surface area contributed by atoms with Crippen LogP contribution in [0.25, 0.3) is 11.5 Å². The molecule has 0 radical (unpaired) electrons. The van der Waals surface area contributed by atoms with Gasteiger partial charge < -0.3 is 15.5 Å². The van der Waals surface area contributed by atoms with Crippen LogP contribution in [-0.4, -0.2) is 20.1 Å². The second kappa shape index (κ2) is 9.67. The Morgan fingerprint density at radius 2 is 1.88 bits per heavy atom. The van der Waals surface area contributed by atoms with Gasteiger partial charge in [-0.1, -0.05) is 42.0 Å². The lowest BCUT2D eigenvalue weighted by Gasteiger charge is -2.13. The molecule has 0 aliphatic rings. The van der Waals surface area contributed by atoms with Gasteiger partial charge >= 0.3 is 0 Å². The van der Waals surface area contributed by atoms with Gasteiger partial charge in [-0.25, -0.2) is 0 Å². The number of nitrogens with one attached hydrogen (secondary N) is 1. The highest BCUT2D eigenvalue weighted by Gasteiger charge is 2.26. The molecule has 2 aromatic carbocycles. The van der Waals surface area contributed by atoms with E-state index in [0.717, 1.165) is 16.8 Å². The van der Waals surface area contributed by atoms with E-state index in [4.69, 9.17) is 12.2 Å². The lowest BCUT2D eigenvalue weighted by Crippen LogP contribution is -2.39. The average Bonchev–Trinajstić information content (AvgIpc) is 2.76. The number of hydrogen-bond acceptors (Lipinski definition) is 5. The van der Waals surface area contributed by atoms with Crippen molar-refractivity contribution in [2.75, 3.05) is 5.32 Å². The van der Waals surface area contributed by atoms with Gasteiger partial charge in [-0.05, 0) is 38.5 Å². The predicted molar refractivity (Wildman–Crippen MR) is 128 cm³/mol. The van der Waals surface area contributed by atoms with E-state index in [2.05, 4.69) is 5.32 Å². The number of aromatic nitrogens is 1. The molecule has 3 aromatic rings. The van der Waals surface area contributed by atoms with Gasteiger partial charge in [-0.15, -0.1) is 0 Å². The van der Waals surface area contributed by atoms with Crippen molar-refractivity contribution in [3.63, 3.8) is 0 Å². The van der Waals surface area contributed by atoms with Crippen LogP contribution in [0.3, 0.4) is 0 Å². The number of hydrogen-bond donors (Lipinski definition) is 3. The standard InChI is InChI=1S/C24H23N3O4S/c1-15-6-9-20(17(3)11-15)25-24(32)22(26-10-4-5-18(13-26)14-28)23(29)19-8-7-16(2)21(12-19)27(30)31/h4-13,28H,14H2,1-3H3,(H-,25,29,32)/p+1. The summed E-state index contributed by atoms with van der Waals surface area (Å²) in [5.74, 6) is -0.226. The largest absolute Gasteiger partial charge is 0.502 e. The highest BCUT2D eigenvalue weighted by atomic mass is 32.1. The first-order valence-corrected chi connectivity index (χ1v) is 10.3. The van der Waals surface area contributed by atoms with Gasteiger partial charge in [0, 0.05) is 34.5 Å². The Hall–Kier alpha value is -3.62. The normalized spacial score (nSPS) is 11.6. The van der Waals surface area contributed by atoms with Crippen molar-refractivity contribution in [3.8, 4) is 0 Å². The number of pyridine rings is 1. The third kappa shape index (κ3) is 4.99. The van der Waals surface area contributed by atoms with Crippen molar-refractivity contribution in [3.05, 3.63) is 98.9 Å². The van der Waals surface area contributed by atoms with E-state index in [1.807, 2.05) is 32.0 Å².